The van der Waals surface area contributed by atoms with E-state index in [0.29, 0.717) is 35.6 Å². The van der Waals surface area contributed by atoms with Crippen molar-refractivity contribution >= 4 is 18.0 Å². The topological polar surface area (TPSA) is 117 Å². The Morgan fingerprint density at radius 1 is 1.06 bits per heavy atom. The van der Waals surface area contributed by atoms with Crippen molar-refractivity contribution in [3.63, 3.8) is 0 Å². The number of carboxylic acids is 2. The minimum absolute atomic E-state index is 0.0278. The van der Waals surface area contributed by atoms with Gasteiger partial charge in [-0.3, -0.25) is 4.90 Å². The predicted molar refractivity (Wildman–Crippen MR) is 128 cm³/mol. The second-order valence-electron chi connectivity index (χ2n) is 11.4. The molecular weight excluding hydrogens is 452 g/mol. The lowest BCUT2D eigenvalue weighted by atomic mass is 9.86. The Morgan fingerprint density at radius 2 is 1.66 bits per heavy atom. The molecule has 1 heterocycles. The summed E-state index contributed by atoms with van der Waals surface area (Å²) in [6, 6.07) is 4.87. The van der Waals surface area contributed by atoms with Gasteiger partial charge in [0, 0.05) is 44.6 Å². The molecule has 4 rings (SSSR count). The number of piperidine rings is 1. The van der Waals surface area contributed by atoms with Gasteiger partial charge in [-0.15, -0.1) is 0 Å². The van der Waals surface area contributed by atoms with E-state index < -0.39 is 17.5 Å². The minimum atomic E-state index is -1.29. The van der Waals surface area contributed by atoms with Gasteiger partial charge >= 0.3 is 18.0 Å². The van der Waals surface area contributed by atoms with E-state index in [2.05, 4.69) is 18.7 Å². The first-order chi connectivity index (χ1) is 16.3. The van der Waals surface area contributed by atoms with E-state index in [4.69, 9.17) is 9.47 Å². The summed E-state index contributed by atoms with van der Waals surface area (Å²) in [5.41, 5.74) is -0.994. The normalized spacial score (nSPS) is 27.4. The number of hydrogen-bond acceptors (Lipinski definition) is 6. The highest BCUT2D eigenvalue weighted by Crippen LogP contribution is 2.53. The predicted octanol–water partition coefficient (Wildman–Crippen LogP) is 3.82. The third-order valence-corrected chi connectivity index (χ3v) is 7.40. The number of benzene rings is 1. The zero-order valence-corrected chi connectivity index (χ0v) is 21.1. The molecule has 1 saturated heterocycles. The van der Waals surface area contributed by atoms with Crippen LogP contribution in [0.3, 0.4) is 0 Å². The Balaban J connectivity index is 1.27. The molecule has 2 aliphatic carbocycles. The van der Waals surface area contributed by atoms with Crippen LogP contribution < -0.4 is 4.74 Å². The maximum atomic E-state index is 12.3. The number of fused-ring (bicyclic) bond motifs is 1. The second kappa shape index (κ2) is 9.33. The molecule has 1 unspecified atom stereocenters. The second-order valence-corrected chi connectivity index (χ2v) is 11.4. The molecule has 0 bridgehead atoms. The molecule has 0 aromatic heterocycles. The zero-order valence-electron chi connectivity index (χ0n) is 21.1. The summed E-state index contributed by atoms with van der Waals surface area (Å²) in [6.45, 7) is 12.6. The van der Waals surface area contributed by atoms with Crippen LogP contribution in [-0.4, -0.2) is 81.5 Å². The first kappa shape index (κ1) is 25.3. The Kier molecular flexibility index (Phi) is 6.74. The fourth-order valence-electron chi connectivity index (χ4n) is 5.48. The number of ether oxygens (including phenoxy) is 2. The number of nitrogens with zero attached hydrogens (tertiary/aromatic N) is 2. The van der Waals surface area contributed by atoms with Crippen LogP contribution in [0.1, 0.15) is 68.2 Å². The minimum Gasteiger partial charge on any atom is -0.490 e. The molecule has 2 N–H and O–H groups in total. The van der Waals surface area contributed by atoms with E-state index in [-0.39, 0.29) is 23.3 Å². The third-order valence-electron chi connectivity index (χ3n) is 7.40. The zero-order chi connectivity index (χ0) is 25.7. The van der Waals surface area contributed by atoms with E-state index in [0.717, 1.165) is 32.5 Å². The van der Waals surface area contributed by atoms with Crippen LogP contribution >= 0.6 is 0 Å². The van der Waals surface area contributed by atoms with Gasteiger partial charge in [-0.25, -0.2) is 14.4 Å². The Morgan fingerprint density at radius 3 is 2.17 bits per heavy atom. The molecule has 0 radical (unpaired) electrons. The quantitative estimate of drug-likeness (QED) is 0.567. The lowest BCUT2D eigenvalue weighted by molar-refractivity contribution is -0.00312. The summed E-state index contributed by atoms with van der Waals surface area (Å²) in [4.78, 5) is 39.4. The van der Waals surface area contributed by atoms with E-state index in [1.807, 2.05) is 25.7 Å². The monoisotopic (exact) mass is 488 g/mol. The average Bonchev–Trinajstić information content (AvgIpc) is 3.14. The number of likely N-dealkylation sites (tertiary alicyclic amines) is 1. The van der Waals surface area contributed by atoms with Gasteiger partial charge in [-0.05, 0) is 70.6 Å². The van der Waals surface area contributed by atoms with Crippen LogP contribution in [0.4, 0.5) is 4.79 Å². The van der Waals surface area contributed by atoms with Crippen LogP contribution in [0.5, 0.6) is 5.75 Å². The number of aromatic carboxylic acids is 2. The fourth-order valence-corrected chi connectivity index (χ4v) is 5.48. The molecule has 3 atom stereocenters. The Bertz CT molecular complexity index is 984. The SMILES string of the molecule is CC(C)N(CC1[C@H]2CN(C(=O)OC(C)(C)C)C[C@@H]12)[C@H]1C[C@H](Oc2ccc(C(=O)O)c(C(=O)O)c2)C1. The molecule has 9 heteroatoms. The smallest absolute Gasteiger partial charge is 0.410 e. The first-order valence-electron chi connectivity index (χ1n) is 12.3. The standard InChI is InChI=1S/C26H36N2O7/c1-14(2)28(13-22-20-11-27(12-21(20)22)25(33)35-26(3,4)5)15-8-17(9-15)34-16-6-7-18(23(29)30)19(10-16)24(31)32/h6-7,10,14-15,17,20-22H,8-9,11-13H2,1-5H3,(H,29,30)(H,31,32)/t15-,17-,20-,21+,22?. The highest BCUT2D eigenvalue weighted by atomic mass is 16.6. The average molecular weight is 489 g/mol. The molecule has 1 amide bonds. The van der Waals surface area contributed by atoms with Crippen LogP contribution in [0.25, 0.3) is 0 Å². The molecule has 9 nitrogen and oxygen atoms in total. The summed E-state index contributed by atoms with van der Waals surface area (Å²) in [5, 5.41) is 18.5. The van der Waals surface area contributed by atoms with Gasteiger partial charge in [0.1, 0.15) is 17.5 Å². The van der Waals surface area contributed by atoms with Gasteiger partial charge in [-0.1, -0.05) is 0 Å². The summed E-state index contributed by atoms with van der Waals surface area (Å²) < 4.78 is 11.5. The van der Waals surface area contributed by atoms with Crippen molar-refractivity contribution < 1.29 is 34.1 Å². The number of carbonyl (C=O) groups excluding carboxylic acids is 1. The Labute approximate surface area is 206 Å². The maximum Gasteiger partial charge on any atom is 0.410 e. The van der Waals surface area contributed by atoms with E-state index in [1.54, 1.807) is 0 Å². The largest absolute Gasteiger partial charge is 0.490 e. The lowest BCUT2D eigenvalue weighted by Gasteiger charge is -2.45. The summed E-state index contributed by atoms with van der Waals surface area (Å²) in [5.74, 6) is -0.505. The van der Waals surface area contributed by atoms with Crippen molar-refractivity contribution in [1.29, 1.82) is 0 Å². The molecule has 3 fully saturated rings. The summed E-state index contributed by atoms with van der Waals surface area (Å²) in [6.07, 6.45) is 1.44. The van der Waals surface area contributed by atoms with Crippen LogP contribution in [-0.2, 0) is 4.74 Å². The molecule has 1 aromatic rings. The van der Waals surface area contributed by atoms with E-state index in [1.165, 1.54) is 18.2 Å². The van der Waals surface area contributed by atoms with Gasteiger partial charge in [-0.2, -0.15) is 0 Å². The number of amides is 1. The van der Waals surface area contributed by atoms with Crippen molar-refractivity contribution in [2.45, 2.75) is 71.2 Å². The van der Waals surface area contributed by atoms with Crippen molar-refractivity contribution in [2.75, 3.05) is 19.6 Å². The maximum absolute atomic E-state index is 12.3. The van der Waals surface area contributed by atoms with Gasteiger partial charge in [0.2, 0.25) is 0 Å². The van der Waals surface area contributed by atoms with E-state index in [9.17, 15) is 24.6 Å². The molecule has 0 spiro atoms. The summed E-state index contributed by atoms with van der Waals surface area (Å²) in [7, 11) is 0. The highest BCUT2D eigenvalue weighted by molar-refractivity contribution is 6.02. The molecule has 1 aromatic carbocycles. The molecular formula is C26H36N2O7. The van der Waals surface area contributed by atoms with Crippen molar-refractivity contribution in [3.8, 4) is 5.75 Å². The first-order valence-corrected chi connectivity index (χ1v) is 12.3. The van der Waals surface area contributed by atoms with Gasteiger partial charge in [0.05, 0.1) is 11.1 Å². The fraction of sp³-hybridized carbons (Fsp3) is 0.654. The van der Waals surface area contributed by atoms with E-state index >= 15 is 0 Å². The van der Waals surface area contributed by atoms with Crippen molar-refractivity contribution in [3.05, 3.63) is 29.3 Å². The number of rotatable bonds is 8. The number of hydrogen-bond donors (Lipinski definition) is 2. The van der Waals surface area contributed by atoms with Gasteiger partial charge < -0.3 is 24.6 Å². The highest BCUT2D eigenvalue weighted by Gasteiger charge is 2.58. The molecule has 35 heavy (non-hydrogen) atoms. The van der Waals surface area contributed by atoms with Crippen LogP contribution in [0.2, 0.25) is 0 Å². The van der Waals surface area contributed by atoms with Gasteiger partial charge in [0.15, 0.2) is 0 Å². The van der Waals surface area contributed by atoms with Crippen molar-refractivity contribution in [1.82, 2.24) is 9.80 Å². The molecule has 3 aliphatic rings. The summed E-state index contributed by atoms with van der Waals surface area (Å²) >= 11 is 0. The third kappa shape index (κ3) is 5.55. The lowest BCUT2D eigenvalue weighted by Crippen LogP contribution is -2.52. The number of carbonyl (C=O) groups is 3. The molecule has 1 aliphatic heterocycles. The molecule has 2 saturated carbocycles. The van der Waals surface area contributed by atoms with Crippen LogP contribution in [0.15, 0.2) is 18.2 Å². The van der Waals surface area contributed by atoms with Crippen molar-refractivity contribution in [2.24, 2.45) is 17.8 Å². The Hall–Kier alpha value is -2.81. The van der Waals surface area contributed by atoms with Crippen LogP contribution in [0, 0.1) is 17.8 Å². The molecule has 192 valence electrons. The van der Waals surface area contributed by atoms with Gasteiger partial charge in [0.25, 0.3) is 0 Å². The number of carboxylic acid groups (broad SMARTS) is 2.